The summed E-state index contributed by atoms with van der Waals surface area (Å²) in [4.78, 5) is 3.47. The van der Waals surface area contributed by atoms with Gasteiger partial charge in [-0.25, -0.2) is 4.39 Å². The Morgan fingerprint density at radius 1 is 1.28 bits per heavy atom. The molecule has 1 unspecified atom stereocenters. The maximum Gasteiger partial charge on any atom is 0.127 e. The normalized spacial score (nSPS) is 16.9. The van der Waals surface area contributed by atoms with Crippen molar-refractivity contribution in [2.45, 2.75) is 26.3 Å². The zero-order chi connectivity index (χ0) is 17.6. The van der Waals surface area contributed by atoms with Gasteiger partial charge in [-0.05, 0) is 61.7 Å². The molecule has 25 heavy (non-hydrogen) atoms. The Labute approximate surface area is 151 Å². The molecule has 4 rings (SSSR count). The zero-order valence-corrected chi connectivity index (χ0v) is 15.0. The van der Waals surface area contributed by atoms with E-state index in [1.807, 2.05) is 26.0 Å². The number of benzene rings is 2. The molecule has 0 fully saturated rings. The van der Waals surface area contributed by atoms with E-state index in [0.717, 1.165) is 46.4 Å². The Kier molecular flexibility index (Phi) is 4.18. The fraction of sp³-hybridized carbons (Fsp3) is 0.300. The standard InChI is InChI=1S/C20H20ClFN2O/c1-3-25-20-11(2)8-12(21)9-16(20)18-19-14(6-7-23-18)15-10-13(22)4-5-17(15)24-19/h4-5,8-10,18,23-24H,3,6-7H2,1-2H3. The van der Waals surface area contributed by atoms with Crippen LogP contribution in [0, 0.1) is 12.7 Å². The van der Waals surface area contributed by atoms with Crippen LogP contribution < -0.4 is 10.1 Å². The average Bonchev–Trinajstić information content (AvgIpc) is 2.95. The molecule has 130 valence electrons. The van der Waals surface area contributed by atoms with E-state index in [0.29, 0.717) is 11.6 Å². The lowest BCUT2D eigenvalue weighted by atomic mass is 9.92. The van der Waals surface area contributed by atoms with Crippen molar-refractivity contribution in [2.75, 3.05) is 13.2 Å². The van der Waals surface area contributed by atoms with Gasteiger partial charge in [0, 0.05) is 33.7 Å². The Morgan fingerprint density at radius 2 is 2.12 bits per heavy atom. The largest absolute Gasteiger partial charge is 0.493 e. The van der Waals surface area contributed by atoms with E-state index >= 15 is 0 Å². The van der Waals surface area contributed by atoms with Crippen molar-refractivity contribution in [1.29, 1.82) is 0 Å². The first-order valence-corrected chi connectivity index (χ1v) is 8.92. The van der Waals surface area contributed by atoms with Crippen LogP contribution in [0.2, 0.25) is 5.02 Å². The molecule has 0 saturated heterocycles. The number of H-pyrrole nitrogens is 1. The van der Waals surface area contributed by atoms with E-state index in [1.165, 1.54) is 11.6 Å². The summed E-state index contributed by atoms with van der Waals surface area (Å²) in [5, 5.41) is 5.20. The van der Waals surface area contributed by atoms with Gasteiger partial charge in [0.2, 0.25) is 0 Å². The van der Waals surface area contributed by atoms with Crippen LogP contribution in [0.4, 0.5) is 4.39 Å². The van der Waals surface area contributed by atoms with Crippen LogP contribution >= 0.6 is 11.6 Å². The molecule has 1 aliphatic rings. The van der Waals surface area contributed by atoms with Crippen LogP contribution in [0.25, 0.3) is 10.9 Å². The molecule has 0 bridgehead atoms. The van der Waals surface area contributed by atoms with Gasteiger partial charge in [-0.2, -0.15) is 0 Å². The van der Waals surface area contributed by atoms with E-state index in [1.54, 1.807) is 12.1 Å². The monoisotopic (exact) mass is 358 g/mol. The number of aromatic nitrogens is 1. The highest BCUT2D eigenvalue weighted by Crippen LogP contribution is 2.39. The van der Waals surface area contributed by atoms with Gasteiger partial charge in [-0.1, -0.05) is 11.6 Å². The minimum atomic E-state index is -0.210. The minimum Gasteiger partial charge on any atom is -0.493 e. The summed E-state index contributed by atoms with van der Waals surface area (Å²) in [7, 11) is 0. The van der Waals surface area contributed by atoms with Crippen molar-refractivity contribution < 1.29 is 9.13 Å². The van der Waals surface area contributed by atoms with E-state index in [4.69, 9.17) is 16.3 Å². The summed E-state index contributed by atoms with van der Waals surface area (Å²) >= 11 is 6.32. The number of nitrogens with one attached hydrogen (secondary N) is 2. The Balaban J connectivity index is 1.91. The topological polar surface area (TPSA) is 37.0 Å². The highest BCUT2D eigenvalue weighted by atomic mass is 35.5. The van der Waals surface area contributed by atoms with Crippen LogP contribution in [0.1, 0.15) is 35.3 Å². The van der Waals surface area contributed by atoms with Crippen LogP contribution in [-0.4, -0.2) is 18.1 Å². The Hall–Kier alpha value is -2.04. The van der Waals surface area contributed by atoms with Crippen molar-refractivity contribution in [3.8, 4) is 5.75 Å². The maximum atomic E-state index is 13.7. The smallest absolute Gasteiger partial charge is 0.127 e. The van der Waals surface area contributed by atoms with Gasteiger partial charge >= 0.3 is 0 Å². The molecule has 2 N–H and O–H groups in total. The van der Waals surface area contributed by atoms with Crippen LogP contribution in [-0.2, 0) is 6.42 Å². The fourth-order valence-electron chi connectivity index (χ4n) is 3.78. The third-order valence-corrected chi connectivity index (χ3v) is 5.00. The first-order chi connectivity index (χ1) is 12.1. The molecule has 3 aromatic rings. The minimum absolute atomic E-state index is 0.0573. The van der Waals surface area contributed by atoms with Crippen LogP contribution in [0.15, 0.2) is 30.3 Å². The number of fused-ring (bicyclic) bond motifs is 3. The van der Waals surface area contributed by atoms with Crippen molar-refractivity contribution in [1.82, 2.24) is 10.3 Å². The quantitative estimate of drug-likeness (QED) is 0.698. The number of ether oxygens (including phenoxy) is 1. The van der Waals surface area contributed by atoms with Gasteiger partial charge in [0.05, 0.1) is 12.6 Å². The number of rotatable bonds is 3. The van der Waals surface area contributed by atoms with E-state index in [-0.39, 0.29) is 11.9 Å². The Morgan fingerprint density at radius 3 is 2.92 bits per heavy atom. The lowest BCUT2D eigenvalue weighted by Crippen LogP contribution is -2.31. The predicted octanol–water partition coefficient (Wildman–Crippen LogP) is 4.90. The highest BCUT2D eigenvalue weighted by Gasteiger charge is 2.28. The van der Waals surface area contributed by atoms with Gasteiger partial charge in [-0.15, -0.1) is 0 Å². The number of aryl methyl sites for hydroxylation is 1. The number of hydrogen-bond acceptors (Lipinski definition) is 2. The Bertz CT molecular complexity index is 951. The second-order valence-electron chi connectivity index (χ2n) is 6.42. The molecule has 0 spiro atoms. The lowest BCUT2D eigenvalue weighted by Gasteiger charge is -2.27. The highest BCUT2D eigenvalue weighted by molar-refractivity contribution is 6.30. The summed E-state index contributed by atoms with van der Waals surface area (Å²) < 4.78 is 19.6. The van der Waals surface area contributed by atoms with E-state index < -0.39 is 0 Å². The van der Waals surface area contributed by atoms with Gasteiger partial charge < -0.3 is 15.0 Å². The summed E-state index contributed by atoms with van der Waals surface area (Å²) in [6.45, 7) is 5.39. The average molecular weight is 359 g/mol. The first-order valence-electron chi connectivity index (χ1n) is 8.54. The molecule has 0 aliphatic carbocycles. The summed E-state index contributed by atoms with van der Waals surface area (Å²) in [5.74, 6) is 0.653. The van der Waals surface area contributed by atoms with Crippen LogP contribution in [0.3, 0.4) is 0 Å². The summed E-state index contributed by atoms with van der Waals surface area (Å²) in [6, 6.07) is 8.71. The molecular formula is C20H20ClFN2O. The third-order valence-electron chi connectivity index (χ3n) is 4.78. The van der Waals surface area contributed by atoms with Crippen molar-refractivity contribution in [3.63, 3.8) is 0 Å². The van der Waals surface area contributed by atoms with Gasteiger partial charge in [-0.3, -0.25) is 0 Å². The molecule has 1 aliphatic heterocycles. The zero-order valence-electron chi connectivity index (χ0n) is 14.2. The van der Waals surface area contributed by atoms with E-state index in [9.17, 15) is 4.39 Å². The first kappa shape index (κ1) is 16.4. The molecular weight excluding hydrogens is 339 g/mol. The number of hydrogen-bond donors (Lipinski definition) is 2. The summed E-state index contributed by atoms with van der Waals surface area (Å²) in [6.07, 6.45) is 0.860. The maximum absolute atomic E-state index is 13.7. The predicted molar refractivity (Wildman–Crippen MR) is 99.2 cm³/mol. The second kappa shape index (κ2) is 6.36. The van der Waals surface area contributed by atoms with Gasteiger partial charge in [0.15, 0.2) is 0 Å². The molecule has 3 nitrogen and oxygen atoms in total. The van der Waals surface area contributed by atoms with Crippen molar-refractivity contribution >= 4 is 22.5 Å². The third kappa shape index (κ3) is 2.79. The van der Waals surface area contributed by atoms with Crippen molar-refractivity contribution in [3.05, 3.63) is 63.6 Å². The second-order valence-corrected chi connectivity index (χ2v) is 6.85. The summed E-state index contributed by atoms with van der Waals surface area (Å²) in [5.41, 5.74) is 5.21. The van der Waals surface area contributed by atoms with Crippen LogP contribution in [0.5, 0.6) is 5.75 Å². The molecule has 0 saturated carbocycles. The number of halogens is 2. The van der Waals surface area contributed by atoms with Gasteiger partial charge in [0.25, 0.3) is 0 Å². The SMILES string of the molecule is CCOc1c(C)cc(Cl)cc1C1NCCc2c1[nH]c1ccc(F)cc21. The molecule has 2 aromatic carbocycles. The molecule has 2 heterocycles. The van der Waals surface area contributed by atoms with Crippen molar-refractivity contribution in [2.24, 2.45) is 0 Å². The molecule has 1 atom stereocenters. The fourth-order valence-corrected chi connectivity index (χ4v) is 4.06. The van der Waals surface area contributed by atoms with E-state index in [2.05, 4.69) is 10.3 Å². The lowest BCUT2D eigenvalue weighted by molar-refractivity contribution is 0.330. The van der Waals surface area contributed by atoms with Gasteiger partial charge in [0.1, 0.15) is 11.6 Å². The molecule has 5 heteroatoms. The number of aromatic amines is 1. The molecule has 0 amide bonds. The molecule has 1 aromatic heterocycles. The molecule has 0 radical (unpaired) electrons.